The first-order chi connectivity index (χ1) is 17.7. The molecule has 0 bridgehead atoms. The van der Waals surface area contributed by atoms with Crippen LogP contribution in [0.15, 0.2) is 159 Å². The molecule has 2 N–H and O–H groups in total. The fraction of sp³-hybridized carbons (Fsp3) is 0. The quantitative estimate of drug-likeness (QED) is 0.204. The SMILES string of the molecule is OB(O)c1c2ccccc2c(S(c2ccccc2)(c2ccccc2)c2ccccc2)c2ccccc12. The van der Waals surface area contributed by atoms with Gasteiger partial charge in [0, 0.05) is 19.6 Å². The summed E-state index contributed by atoms with van der Waals surface area (Å²) in [4.78, 5) is 4.90. The normalized spacial score (nSPS) is 12.1. The molecule has 0 heterocycles. The van der Waals surface area contributed by atoms with E-state index in [1.165, 1.54) is 19.6 Å². The maximum absolute atomic E-state index is 10.5. The topological polar surface area (TPSA) is 40.5 Å². The first-order valence-corrected chi connectivity index (χ1v) is 13.6. The monoisotopic (exact) mass is 484 g/mol. The zero-order chi connectivity index (χ0) is 24.5. The van der Waals surface area contributed by atoms with Crippen molar-refractivity contribution in [1.29, 1.82) is 0 Å². The van der Waals surface area contributed by atoms with Crippen LogP contribution in [0.4, 0.5) is 0 Å². The highest BCUT2D eigenvalue weighted by Crippen LogP contribution is 2.75. The van der Waals surface area contributed by atoms with Crippen LogP contribution in [-0.4, -0.2) is 17.2 Å². The Morgan fingerprint density at radius 3 is 1.03 bits per heavy atom. The zero-order valence-electron chi connectivity index (χ0n) is 19.7. The van der Waals surface area contributed by atoms with Crippen LogP contribution in [0, 0.1) is 0 Å². The summed E-state index contributed by atoms with van der Waals surface area (Å²) < 4.78 is 0. The van der Waals surface area contributed by atoms with E-state index in [1.807, 2.05) is 36.4 Å². The van der Waals surface area contributed by atoms with E-state index in [0.29, 0.717) is 5.46 Å². The molecule has 174 valence electrons. The van der Waals surface area contributed by atoms with Crippen LogP contribution in [0.2, 0.25) is 0 Å². The summed E-state index contributed by atoms with van der Waals surface area (Å²) in [6.07, 6.45) is 0. The van der Waals surface area contributed by atoms with Gasteiger partial charge in [0.05, 0.1) is 0 Å². The first kappa shape index (κ1) is 22.6. The van der Waals surface area contributed by atoms with Crippen LogP contribution < -0.4 is 5.46 Å². The van der Waals surface area contributed by atoms with Crippen molar-refractivity contribution < 1.29 is 10.0 Å². The van der Waals surface area contributed by atoms with Crippen LogP contribution in [0.5, 0.6) is 0 Å². The minimum atomic E-state index is -1.97. The van der Waals surface area contributed by atoms with E-state index in [0.717, 1.165) is 21.5 Å². The van der Waals surface area contributed by atoms with E-state index >= 15 is 0 Å². The molecule has 6 aromatic carbocycles. The number of fused-ring (bicyclic) bond motifs is 2. The van der Waals surface area contributed by atoms with Gasteiger partial charge < -0.3 is 10.0 Å². The molecule has 6 aromatic rings. The fourth-order valence-corrected chi connectivity index (χ4v) is 9.60. The average molecular weight is 484 g/mol. The predicted molar refractivity (Wildman–Crippen MR) is 151 cm³/mol. The Kier molecular flexibility index (Phi) is 5.86. The molecule has 2 nitrogen and oxygen atoms in total. The lowest BCUT2D eigenvalue weighted by Crippen LogP contribution is -2.31. The van der Waals surface area contributed by atoms with Gasteiger partial charge in [0.2, 0.25) is 0 Å². The molecule has 4 heteroatoms. The van der Waals surface area contributed by atoms with Crippen molar-refractivity contribution in [3.8, 4) is 0 Å². The minimum absolute atomic E-state index is 0.549. The van der Waals surface area contributed by atoms with Gasteiger partial charge in [-0.1, -0.05) is 103 Å². The summed E-state index contributed by atoms with van der Waals surface area (Å²) >= 11 is 0. The Balaban J connectivity index is 1.93. The van der Waals surface area contributed by atoms with Gasteiger partial charge in [-0.3, -0.25) is 0 Å². The van der Waals surface area contributed by atoms with Crippen LogP contribution >= 0.6 is 10.0 Å². The third-order valence-corrected chi connectivity index (χ3v) is 10.8. The van der Waals surface area contributed by atoms with Gasteiger partial charge >= 0.3 is 7.12 Å². The van der Waals surface area contributed by atoms with Gasteiger partial charge in [0.25, 0.3) is 0 Å². The molecule has 0 atom stereocenters. The third kappa shape index (κ3) is 3.46. The molecule has 0 aliphatic heterocycles. The molecule has 0 fully saturated rings. The Bertz CT molecular complexity index is 1500. The Morgan fingerprint density at radius 2 is 0.694 bits per heavy atom. The highest BCUT2D eigenvalue weighted by atomic mass is 32.3. The summed E-state index contributed by atoms with van der Waals surface area (Å²) in [6.45, 7) is 0. The van der Waals surface area contributed by atoms with Crippen molar-refractivity contribution >= 4 is 44.2 Å². The standard InChI is InChI=1S/C32H25BO2S/c34-33(35)31-27-20-10-12-22-29(27)32(30-23-13-11-21-28(30)31)36(24-14-4-1-5-15-24,25-16-6-2-7-17-25)26-18-8-3-9-19-26/h1-23,34-35H. The van der Waals surface area contributed by atoms with E-state index in [4.69, 9.17) is 0 Å². The van der Waals surface area contributed by atoms with E-state index in [-0.39, 0.29) is 0 Å². The average Bonchev–Trinajstić information content (AvgIpc) is 2.94. The van der Waals surface area contributed by atoms with Crippen molar-refractivity contribution in [3.63, 3.8) is 0 Å². The molecule has 0 radical (unpaired) electrons. The lowest BCUT2D eigenvalue weighted by molar-refractivity contribution is 0.426. The Labute approximate surface area is 213 Å². The smallest absolute Gasteiger partial charge is 0.423 e. The lowest BCUT2D eigenvalue weighted by Gasteiger charge is -2.43. The number of hydrogen-bond donors (Lipinski definition) is 2. The second-order valence-corrected chi connectivity index (χ2v) is 11.8. The van der Waals surface area contributed by atoms with Gasteiger partial charge in [0.15, 0.2) is 0 Å². The Morgan fingerprint density at radius 1 is 0.389 bits per heavy atom. The maximum Gasteiger partial charge on any atom is 0.489 e. The molecule has 0 aliphatic rings. The third-order valence-electron chi connectivity index (χ3n) is 6.78. The van der Waals surface area contributed by atoms with Crippen LogP contribution in [0.25, 0.3) is 21.5 Å². The number of hydrogen-bond acceptors (Lipinski definition) is 2. The summed E-state index contributed by atoms with van der Waals surface area (Å²) in [5.41, 5.74) is 0.549. The van der Waals surface area contributed by atoms with Gasteiger partial charge in [-0.05, 0) is 63.4 Å². The Hall–Kier alpha value is -3.83. The summed E-state index contributed by atoms with van der Waals surface area (Å²) in [5, 5.41) is 24.8. The number of rotatable bonds is 5. The molecular formula is C32H25BO2S. The van der Waals surface area contributed by atoms with Crippen molar-refractivity contribution in [1.82, 2.24) is 0 Å². The summed E-state index contributed by atoms with van der Waals surface area (Å²) in [7, 11) is -3.55. The molecule has 0 aliphatic carbocycles. The van der Waals surface area contributed by atoms with E-state index < -0.39 is 17.1 Å². The zero-order valence-corrected chi connectivity index (χ0v) is 20.5. The van der Waals surface area contributed by atoms with E-state index in [1.54, 1.807) is 0 Å². The molecular weight excluding hydrogens is 459 g/mol. The van der Waals surface area contributed by atoms with Crippen molar-refractivity contribution in [2.45, 2.75) is 19.6 Å². The van der Waals surface area contributed by atoms with Gasteiger partial charge in [0.1, 0.15) is 0 Å². The molecule has 0 saturated heterocycles. The molecule has 0 unspecified atom stereocenters. The minimum Gasteiger partial charge on any atom is -0.423 e. The van der Waals surface area contributed by atoms with E-state index in [2.05, 4.69) is 103 Å². The van der Waals surface area contributed by atoms with E-state index in [9.17, 15) is 10.0 Å². The second-order valence-electron chi connectivity index (χ2n) is 8.76. The van der Waals surface area contributed by atoms with Crippen LogP contribution in [-0.2, 0) is 0 Å². The molecule has 6 rings (SSSR count). The molecule has 36 heavy (non-hydrogen) atoms. The largest absolute Gasteiger partial charge is 0.489 e. The molecule has 0 saturated carbocycles. The van der Waals surface area contributed by atoms with Crippen LogP contribution in [0.3, 0.4) is 0 Å². The van der Waals surface area contributed by atoms with Gasteiger partial charge in [-0.25, -0.2) is 0 Å². The summed E-state index contributed by atoms with van der Waals surface area (Å²) in [5.74, 6) is 0. The summed E-state index contributed by atoms with van der Waals surface area (Å²) in [6, 6.07) is 48.5. The molecule has 0 spiro atoms. The van der Waals surface area contributed by atoms with Crippen molar-refractivity contribution in [2.75, 3.05) is 0 Å². The van der Waals surface area contributed by atoms with Gasteiger partial charge in [-0.15, -0.1) is 10.0 Å². The fourth-order valence-electron chi connectivity index (χ4n) is 5.37. The van der Waals surface area contributed by atoms with Crippen molar-refractivity contribution in [2.24, 2.45) is 0 Å². The van der Waals surface area contributed by atoms with Crippen molar-refractivity contribution in [3.05, 3.63) is 140 Å². The molecule has 0 amide bonds. The lowest BCUT2D eigenvalue weighted by atomic mass is 9.74. The number of benzene rings is 6. The molecule has 0 aromatic heterocycles. The predicted octanol–water partition coefficient (Wildman–Crippen LogP) is 7.01. The first-order valence-electron chi connectivity index (χ1n) is 12.0. The highest BCUT2D eigenvalue weighted by molar-refractivity contribution is 8.34. The highest BCUT2D eigenvalue weighted by Gasteiger charge is 2.37. The second kappa shape index (κ2) is 9.32. The van der Waals surface area contributed by atoms with Crippen LogP contribution in [0.1, 0.15) is 0 Å². The maximum atomic E-state index is 10.5. The van der Waals surface area contributed by atoms with Gasteiger partial charge in [-0.2, -0.15) is 0 Å².